The summed E-state index contributed by atoms with van der Waals surface area (Å²) in [6, 6.07) is 17.1. The maximum Gasteiger partial charge on any atom is 0.294 e. The molecule has 0 radical (unpaired) electrons. The van der Waals surface area contributed by atoms with Gasteiger partial charge in [-0.2, -0.15) is 0 Å². The van der Waals surface area contributed by atoms with Gasteiger partial charge >= 0.3 is 0 Å². The second kappa shape index (κ2) is 8.93. The average molecular weight is 442 g/mol. The molecule has 154 valence electrons. The molecule has 6 nitrogen and oxygen atoms in total. The maximum absolute atomic E-state index is 12.7. The molecule has 2 fully saturated rings. The second-order valence-corrected chi connectivity index (χ2v) is 8.39. The number of carbonyl (C=O) groups excluding carboxylic acids is 3. The van der Waals surface area contributed by atoms with Gasteiger partial charge in [0.1, 0.15) is 6.54 Å². The minimum atomic E-state index is -0.457. The van der Waals surface area contributed by atoms with Gasteiger partial charge in [-0.15, -0.1) is 0 Å². The Morgan fingerprint density at radius 2 is 1.63 bits per heavy atom. The molecule has 2 aromatic carbocycles. The van der Waals surface area contributed by atoms with E-state index in [2.05, 4.69) is 4.90 Å². The lowest BCUT2D eigenvalue weighted by molar-refractivity contribution is -0.136. The molecule has 2 aliphatic rings. The van der Waals surface area contributed by atoms with E-state index >= 15 is 0 Å². The number of amides is 3. The zero-order valence-corrected chi connectivity index (χ0v) is 17.7. The van der Waals surface area contributed by atoms with Gasteiger partial charge < -0.3 is 9.80 Å². The summed E-state index contributed by atoms with van der Waals surface area (Å²) in [6.07, 6.45) is 1.59. The first kappa shape index (κ1) is 20.5. The molecule has 0 aromatic heterocycles. The lowest BCUT2D eigenvalue weighted by Gasteiger charge is -2.36. The number of halogens is 1. The molecule has 2 saturated heterocycles. The number of nitrogens with zero attached hydrogens (tertiary/aromatic N) is 3. The molecule has 8 heteroatoms. The van der Waals surface area contributed by atoms with E-state index in [0.29, 0.717) is 36.8 Å². The number of hydrogen-bond acceptors (Lipinski definition) is 5. The van der Waals surface area contributed by atoms with Gasteiger partial charge in [0.25, 0.3) is 11.1 Å². The maximum atomic E-state index is 12.7. The van der Waals surface area contributed by atoms with Crippen LogP contribution in [0.5, 0.6) is 0 Å². The van der Waals surface area contributed by atoms with Crippen LogP contribution in [0.1, 0.15) is 5.56 Å². The monoisotopic (exact) mass is 441 g/mol. The van der Waals surface area contributed by atoms with Gasteiger partial charge in [0.2, 0.25) is 5.91 Å². The Morgan fingerprint density at radius 1 is 0.967 bits per heavy atom. The third-order valence-corrected chi connectivity index (χ3v) is 6.36. The molecule has 0 aliphatic carbocycles. The molecule has 2 aliphatic heterocycles. The highest BCUT2D eigenvalue weighted by atomic mass is 35.5. The summed E-state index contributed by atoms with van der Waals surface area (Å²) in [7, 11) is 0. The summed E-state index contributed by atoms with van der Waals surface area (Å²) in [5, 5.41) is 0.0613. The van der Waals surface area contributed by atoms with Crippen LogP contribution < -0.4 is 4.90 Å². The molecule has 0 bridgehead atoms. The molecule has 0 spiro atoms. The van der Waals surface area contributed by atoms with E-state index in [9.17, 15) is 14.4 Å². The van der Waals surface area contributed by atoms with E-state index in [-0.39, 0.29) is 17.4 Å². The fraction of sp³-hybridized carbons (Fsp3) is 0.227. The predicted octanol–water partition coefficient (Wildman–Crippen LogP) is 3.73. The van der Waals surface area contributed by atoms with Crippen molar-refractivity contribution in [1.82, 2.24) is 9.80 Å². The van der Waals surface area contributed by atoms with Crippen molar-refractivity contribution in [2.45, 2.75) is 0 Å². The number of imide groups is 1. The molecule has 2 aromatic rings. The van der Waals surface area contributed by atoms with E-state index < -0.39 is 11.1 Å². The van der Waals surface area contributed by atoms with Crippen LogP contribution in [0.4, 0.5) is 10.5 Å². The molecule has 0 saturated carbocycles. The molecule has 0 unspecified atom stereocenters. The zero-order valence-electron chi connectivity index (χ0n) is 16.2. The van der Waals surface area contributed by atoms with Crippen LogP contribution in [-0.4, -0.2) is 59.6 Å². The van der Waals surface area contributed by atoms with E-state index in [1.807, 2.05) is 30.3 Å². The van der Waals surface area contributed by atoms with Gasteiger partial charge in [-0.05, 0) is 41.6 Å². The lowest BCUT2D eigenvalue weighted by atomic mass is 10.2. The van der Waals surface area contributed by atoms with Crippen molar-refractivity contribution in [3.63, 3.8) is 0 Å². The molecule has 3 amide bonds. The molecule has 30 heavy (non-hydrogen) atoms. The number of para-hydroxylation sites is 1. The Labute approximate surface area is 184 Å². The second-order valence-electron chi connectivity index (χ2n) is 6.99. The number of piperazine rings is 1. The number of rotatable bonds is 4. The van der Waals surface area contributed by atoms with Crippen LogP contribution in [0.2, 0.25) is 5.02 Å². The largest absolute Gasteiger partial charge is 0.368 e. The Balaban J connectivity index is 1.37. The Hall–Kier alpha value is -2.77. The predicted molar refractivity (Wildman–Crippen MR) is 119 cm³/mol. The highest BCUT2D eigenvalue weighted by molar-refractivity contribution is 8.18. The number of hydrogen-bond donors (Lipinski definition) is 0. The Morgan fingerprint density at radius 3 is 2.33 bits per heavy atom. The minimum Gasteiger partial charge on any atom is -0.368 e. The highest BCUT2D eigenvalue weighted by Crippen LogP contribution is 2.33. The van der Waals surface area contributed by atoms with Gasteiger partial charge in [0, 0.05) is 36.9 Å². The molecule has 4 rings (SSSR count). The first-order chi connectivity index (χ1) is 14.5. The number of anilines is 1. The fourth-order valence-corrected chi connectivity index (χ4v) is 4.48. The van der Waals surface area contributed by atoms with Gasteiger partial charge in [0.05, 0.1) is 4.91 Å². The van der Waals surface area contributed by atoms with Crippen molar-refractivity contribution in [2.24, 2.45) is 0 Å². The number of benzene rings is 2. The van der Waals surface area contributed by atoms with Gasteiger partial charge in [-0.25, -0.2) is 0 Å². The van der Waals surface area contributed by atoms with Crippen LogP contribution in [-0.2, 0) is 9.59 Å². The first-order valence-corrected chi connectivity index (χ1v) is 10.8. The third kappa shape index (κ3) is 4.37. The normalized spacial score (nSPS) is 18.4. The molecule has 0 N–H and O–H groups in total. The van der Waals surface area contributed by atoms with Crippen molar-refractivity contribution < 1.29 is 14.4 Å². The van der Waals surface area contributed by atoms with E-state index in [4.69, 9.17) is 11.6 Å². The van der Waals surface area contributed by atoms with Crippen LogP contribution in [0, 0.1) is 0 Å². The summed E-state index contributed by atoms with van der Waals surface area (Å²) in [5.41, 5.74) is 1.79. The standard InChI is InChI=1S/C22H20ClN3O3S/c23-18-9-5-4-6-16(18)14-19-21(28)26(22(29)30-19)15-20(27)25-12-10-24(11-13-25)17-7-2-1-3-8-17/h1-9,14H,10-13,15H2/b19-14+. The van der Waals surface area contributed by atoms with Crippen molar-refractivity contribution >= 4 is 52.2 Å². The van der Waals surface area contributed by atoms with Crippen molar-refractivity contribution in [1.29, 1.82) is 0 Å². The number of thioether (sulfide) groups is 1. The highest BCUT2D eigenvalue weighted by Gasteiger charge is 2.37. The smallest absolute Gasteiger partial charge is 0.294 e. The van der Waals surface area contributed by atoms with Gasteiger partial charge in [0.15, 0.2) is 0 Å². The molecular formula is C22H20ClN3O3S. The van der Waals surface area contributed by atoms with Crippen LogP contribution in [0.3, 0.4) is 0 Å². The summed E-state index contributed by atoms with van der Waals surface area (Å²) < 4.78 is 0. The Kier molecular flexibility index (Phi) is 6.11. The average Bonchev–Trinajstić information content (AvgIpc) is 3.03. The zero-order chi connectivity index (χ0) is 21.1. The van der Waals surface area contributed by atoms with Gasteiger partial charge in [-0.1, -0.05) is 48.0 Å². The fourth-order valence-electron chi connectivity index (χ4n) is 3.46. The number of carbonyl (C=O) groups is 3. The molecule has 0 atom stereocenters. The molecule has 2 heterocycles. The van der Waals surface area contributed by atoms with Crippen molar-refractivity contribution in [3.05, 3.63) is 70.1 Å². The summed E-state index contributed by atoms with van der Waals surface area (Å²) in [4.78, 5) is 43.0. The van der Waals surface area contributed by atoms with E-state index in [0.717, 1.165) is 22.3 Å². The quantitative estimate of drug-likeness (QED) is 0.676. The summed E-state index contributed by atoms with van der Waals surface area (Å²) >= 11 is 6.97. The van der Waals surface area contributed by atoms with Crippen molar-refractivity contribution in [3.8, 4) is 0 Å². The Bertz CT molecular complexity index is 1000. The van der Waals surface area contributed by atoms with Crippen LogP contribution >= 0.6 is 23.4 Å². The topological polar surface area (TPSA) is 60.9 Å². The van der Waals surface area contributed by atoms with Crippen LogP contribution in [0.15, 0.2) is 59.5 Å². The summed E-state index contributed by atoms with van der Waals surface area (Å²) in [5.74, 6) is -0.676. The van der Waals surface area contributed by atoms with Gasteiger partial charge in [-0.3, -0.25) is 19.3 Å². The lowest BCUT2D eigenvalue weighted by Crippen LogP contribution is -2.51. The van der Waals surface area contributed by atoms with E-state index in [1.54, 1.807) is 35.2 Å². The SMILES string of the molecule is O=C(CN1C(=O)S/C(=C/c2ccccc2Cl)C1=O)N1CCN(c2ccccc2)CC1. The van der Waals surface area contributed by atoms with Crippen molar-refractivity contribution in [2.75, 3.05) is 37.6 Å². The first-order valence-electron chi connectivity index (χ1n) is 9.60. The third-order valence-electron chi connectivity index (χ3n) is 5.11. The van der Waals surface area contributed by atoms with Crippen LogP contribution in [0.25, 0.3) is 6.08 Å². The minimum absolute atomic E-state index is 0.219. The summed E-state index contributed by atoms with van der Waals surface area (Å²) in [6.45, 7) is 2.29. The van der Waals surface area contributed by atoms with E-state index in [1.165, 1.54) is 0 Å². The molecular weight excluding hydrogens is 422 g/mol.